The fourth-order valence-electron chi connectivity index (χ4n) is 2.19. The molecule has 0 spiro atoms. The molecule has 0 saturated heterocycles. The Morgan fingerprint density at radius 3 is 2.25 bits per heavy atom. The fraction of sp³-hybridized carbons (Fsp3) is 0.294. The first kappa shape index (κ1) is 14.5. The van der Waals surface area contributed by atoms with Crippen molar-refractivity contribution in [2.24, 2.45) is 0 Å². The molecule has 0 amide bonds. The van der Waals surface area contributed by atoms with E-state index in [0.717, 1.165) is 12.8 Å². The summed E-state index contributed by atoms with van der Waals surface area (Å²) in [5, 5.41) is 9.12. The number of halogens is 2. The van der Waals surface area contributed by atoms with Gasteiger partial charge < -0.3 is 5.11 Å². The predicted octanol–water partition coefficient (Wildman–Crippen LogP) is 5.07. The number of phenols is 1. The monoisotopic (exact) mass is 276 g/mol. The van der Waals surface area contributed by atoms with Gasteiger partial charge in [-0.15, -0.1) is 0 Å². The Morgan fingerprint density at radius 1 is 0.900 bits per heavy atom. The fourth-order valence-corrected chi connectivity index (χ4v) is 2.19. The Hall–Kier alpha value is -1.90. The van der Waals surface area contributed by atoms with E-state index < -0.39 is 17.4 Å². The molecule has 2 rings (SSSR count). The van der Waals surface area contributed by atoms with Crippen LogP contribution < -0.4 is 0 Å². The van der Waals surface area contributed by atoms with Gasteiger partial charge in [-0.25, -0.2) is 4.39 Å². The van der Waals surface area contributed by atoms with E-state index in [0.29, 0.717) is 5.56 Å². The van der Waals surface area contributed by atoms with Crippen molar-refractivity contribution in [2.75, 3.05) is 0 Å². The summed E-state index contributed by atoms with van der Waals surface area (Å²) in [7, 11) is 0. The maximum Gasteiger partial charge on any atom is 0.200 e. The lowest BCUT2D eigenvalue weighted by Gasteiger charge is -2.07. The van der Waals surface area contributed by atoms with Crippen LogP contribution in [0.25, 0.3) is 11.1 Å². The van der Waals surface area contributed by atoms with Gasteiger partial charge in [0, 0.05) is 5.56 Å². The van der Waals surface area contributed by atoms with Gasteiger partial charge in [0.05, 0.1) is 0 Å². The molecule has 2 aromatic carbocycles. The highest BCUT2D eigenvalue weighted by atomic mass is 19.2. The molecule has 0 unspecified atom stereocenters. The predicted molar refractivity (Wildman–Crippen MR) is 76.7 cm³/mol. The summed E-state index contributed by atoms with van der Waals surface area (Å²) in [4.78, 5) is 0. The molecule has 0 aliphatic heterocycles. The molecule has 3 heteroatoms. The summed E-state index contributed by atoms with van der Waals surface area (Å²) in [6.07, 6.45) is 4.51. The van der Waals surface area contributed by atoms with Crippen molar-refractivity contribution in [1.82, 2.24) is 0 Å². The van der Waals surface area contributed by atoms with E-state index in [1.54, 1.807) is 12.1 Å². The molecule has 0 atom stereocenters. The Morgan fingerprint density at radius 2 is 1.60 bits per heavy atom. The van der Waals surface area contributed by atoms with Crippen molar-refractivity contribution < 1.29 is 13.9 Å². The Balaban J connectivity index is 2.20. The third-order valence-corrected chi connectivity index (χ3v) is 3.40. The minimum absolute atomic E-state index is 0.167. The lowest BCUT2D eigenvalue weighted by molar-refractivity contribution is 0.408. The molecular formula is C17H18F2O. The van der Waals surface area contributed by atoms with Gasteiger partial charge in [-0.3, -0.25) is 0 Å². The normalized spacial score (nSPS) is 10.8. The topological polar surface area (TPSA) is 20.2 Å². The number of hydrogen-bond acceptors (Lipinski definition) is 1. The standard InChI is InChI=1S/C17H18F2O/c1-2-3-4-5-12-6-8-13(9-7-12)14-10-11-15(20)17(19)16(14)18/h6-11,20H,2-5H2,1H3. The van der Waals surface area contributed by atoms with E-state index in [4.69, 9.17) is 5.11 Å². The van der Waals surface area contributed by atoms with Gasteiger partial charge >= 0.3 is 0 Å². The average molecular weight is 276 g/mol. The minimum atomic E-state index is -1.20. The van der Waals surface area contributed by atoms with Crippen LogP contribution in [0.2, 0.25) is 0 Å². The molecule has 1 N–H and O–H groups in total. The van der Waals surface area contributed by atoms with Gasteiger partial charge in [-0.1, -0.05) is 44.0 Å². The highest BCUT2D eigenvalue weighted by molar-refractivity contribution is 5.65. The molecule has 0 fully saturated rings. The number of rotatable bonds is 5. The molecule has 1 nitrogen and oxygen atoms in total. The number of hydrogen-bond donors (Lipinski definition) is 1. The van der Waals surface area contributed by atoms with Gasteiger partial charge in [0.2, 0.25) is 5.82 Å². The zero-order valence-corrected chi connectivity index (χ0v) is 11.5. The summed E-state index contributed by atoms with van der Waals surface area (Å²) in [6.45, 7) is 2.16. The van der Waals surface area contributed by atoms with Crippen LogP contribution in [0.5, 0.6) is 5.75 Å². The summed E-state index contributed by atoms with van der Waals surface area (Å²) in [6, 6.07) is 10.0. The smallest absolute Gasteiger partial charge is 0.200 e. The highest BCUT2D eigenvalue weighted by Gasteiger charge is 2.13. The molecule has 106 valence electrons. The van der Waals surface area contributed by atoms with E-state index in [2.05, 4.69) is 6.92 Å². The number of phenolic OH excluding ortho intramolecular Hbond substituents is 1. The van der Waals surface area contributed by atoms with Gasteiger partial charge in [-0.05, 0) is 36.1 Å². The van der Waals surface area contributed by atoms with Crippen LogP contribution in [0.3, 0.4) is 0 Å². The first-order valence-corrected chi connectivity index (χ1v) is 6.89. The van der Waals surface area contributed by atoms with Gasteiger partial charge in [-0.2, -0.15) is 4.39 Å². The molecular weight excluding hydrogens is 258 g/mol. The second-order valence-electron chi connectivity index (χ2n) is 4.91. The zero-order valence-electron chi connectivity index (χ0n) is 11.5. The van der Waals surface area contributed by atoms with Gasteiger partial charge in [0.1, 0.15) is 0 Å². The van der Waals surface area contributed by atoms with E-state index in [-0.39, 0.29) is 5.56 Å². The number of benzene rings is 2. The van der Waals surface area contributed by atoms with E-state index in [1.165, 1.54) is 30.5 Å². The highest BCUT2D eigenvalue weighted by Crippen LogP contribution is 2.29. The van der Waals surface area contributed by atoms with Crippen LogP contribution in [0.1, 0.15) is 31.7 Å². The average Bonchev–Trinajstić information content (AvgIpc) is 2.46. The summed E-state index contributed by atoms with van der Waals surface area (Å²) in [5.41, 5.74) is 1.97. The van der Waals surface area contributed by atoms with Crippen LogP contribution in [0.15, 0.2) is 36.4 Å². The number of unbranched alkanes of at least 4 members (excludes halogenated alkanes) is 2. The quantitative estimate of drug-likeness (QED) is 0.756. The number of aromatic hydroxyl groups is 1. The van der Waals surface area contributed by atoms with Crippen LogP contribution in [-0.4, -0.2) is 5.11 Å². The maximum atomic E-state index is 13.8. The summed E-state index contributed by atoms with van der Waals surface area (Å²) in [5.74, 6) is -2.87. The van der Waals surface area contributed by atoms with Crippen LogP contribution in [0, 0.1) is 11.6 Å². The number of aryl methyl sites for hydroxylation is 1. The summed E-state index contributed by atoms with van der Waals surface area (Å²) < 4.78 is 27.1. The molecule has 2 aromatic rings. The summed E-state index contributed by atoms with van der Waals surface area (Å²) >= 11 is 0. The van der Waals surface area contributed by atoms with Crippen molar-refractivity contribution in [3.05, 3.63) is 53.6 Å². The van der Waals surface area contributed by atoms with Crippen molar-refractivity contribution in [2.45, 2.75) is 32.6 Å². The van der Waals surface area contributed by atoms with Crippen LogP contribution in [-0.2, 0) is 6.42 Å². The molecule has 20 heavy (non-hydrogen) atoms. The molecule has 0 aliphatic carbocycles. The third kappa shape index (κ3) is 3.16. The first-order chi connectivity index (χ1) is 9.63. The molecule has 0 aromatic heterocycles. The van der Waals surface area contributed by atoms with Crippen molar-refractivity contribution in [3.8, 4) is 16.9 Å². The van der Waals surface area contributed by atoms with Crippen molar-refractivity contribution in [1.29, 1.82) is 0 Å². The SMILES string of the molecule is CCCCCc1ccc(-c2ccc(O)c(F)c2F)cc1. The molecule has 0 saturated carbocycles. The largest absolute Gasteiger partial charge is 0.505 e. The Bertz CT molecular complexity index is 576. The lowest BCUT2D eigenvalue weighted by Crippen LogP contribution is -1.91. The minimum Gasteiger partial charge on any atom is -0.505 e. The van der Waals surface area contributed by atoms with Crippen molar-refractivity contribution >= 4 is 0 Å². The van der Waals surface area contributed by atoms with Gasteiger partial charge in [0.25, 0.3) is 0 Å². The Kier molecular flexibility index (Phi) is 4.72. The molecule has 0 bridgehead atoms. The lowest BCUT2D eigenvalue weighted by atomic mass is 10.0. The van der Waals surface area contributed by atoms with Crippen LogP contribution >= 0.6 is 0 Å². The third-order valence-electron chi connectivity index (χ3n) is 3.40. The van der Waals surface area contributed by atoms with Crippen LogP contribution in [0.4, 0.5) is 8.78 Å². The second-order valence-corrected chi connectivity index (χ2v) is 4.91. The molecule has 0 radical (unpaired) electrons. The van der Waals surface area contributed by atoms with E-state index in [9.17, 15) is 8.78 Å². The first-order valence-electron chi connectivity index (χ1n) is 6.89. The Labute approximate surface area is 117 Å². The molecule has 0 heterocycles. The van der Waals surface area contributed by atoms with E-state index in [1.807, 2.05) is 12.1 Å². The van der Waals surface area contributed by atoms with Crippen molar-refractivity contribution in [3.63, 3.8) is 0 Å². The second kappa shape index (κ2) is 6.51. The maximum absolute atomic E-state index is 13.8. The molecule has 0 aliphatic rings. The van der Waals surface area contributed by atoms with Gasteiger partial charge in [0.15, 0.2) is 11.6 Å². The van der Waals surface area contributed by atoms with E-state index >= 15 is 0 Å². The zero-order chi connectivity index (χ0) is 14.5.